The summed E-state index contributed by atoms with van der Waals surface area (Å²) in [4.78, 5) is 22.3. The van der Waals surface area contributed by atoms with Crippen molar-refractivity contribution in [3.63, 3.8) is 0 Å². The van der Waals surface area contributed by atoms with Crippen molar-refractivity contribution in [3.8, 4) is 11.4 Å². The van der Waals surface area contributed by atoms with Crippen LogP contribution in [0.25, 0.3) is 27.9 Å². The van der Waals surface area contributed by atoms with Crippen LogP contribution in [0, 0.1) is 13.8 Å². The quantitative estimate of drug-likeness (QED) is 0.394. The molecule has 2 aromatic heterocycles. The van der Waals surface area contributed by atoms with Gasteiger partial charge in [0.1, 0.15) is 0 Å². The molecule has 0 aliphatic carbocycles. The Hall–Kier alpha value is -4.26. The molecule has 6 rings (SSSR count). The van der Waals surface area contributed by atoms with Crippen LogP contribution >= 0.6 is 0 Å². The fraction of sp³-hybridized carbons (Fsp3) is 0.214. The van der Waals surface area contributed by atoms with Crippen molar-refractivity contribution in [3.05, 3.63) is 89.5 Å². The lowest BCUT2D eigenvalue weighted by Gasteiger charge is -2.35. The Bertz CT molecular complexity index is 1560. The van der Waals surface area contributed by atoms with Crippen molar-refractivity contribution in [1.29, 1.82) is 0 Å². The molecule has 0 bridgehead atoms. The maximum atomic E-state index is 13.1. The van der Waals surface area contributed by atoms with Gasteiger partial charge in [0.15, 0.2) is 11.5 Å². The first-order chi connectivity index (χ1) is 17.1. The van der Waals surface area contributed by atoms with Crippen LogP contribution in [0.5, 0.6) is 0 Å². The Kier molecular flexibility index (Phi) is 5.17. The van der Waals surface area contributed by atoms with E-state index in [4.69, 9.17) is 4.98 Å². The molecular formula is C28H26N6O. The number of carbonyl (C=O) groups excluding carboxylic acids is 1. The zero-order chi connectivity index (χ0) is 23.9. The molecule has 174 valence electrons. The van der Waals surface area contributed by atoms with Gasteiger partial charge in [-0.3, -0.25) is 4.79 Å². The second-order valence-corrected chi connectivity index (χ2v) is 9.13. The molecule has 0 N–H and O–H groups in total. The highest BCUT2D eigenvalue weighted by Gasteiger charge is 2.26. The number of piperazine rings is 1. The van der Waals surface area contributed by atoms with E-state index >= 15 is 0 Å². The van der Waals surface area contributed by atoms with Gasteiger partial charge in [-0.2, -0.15) is 0 Å². The van der Waals surface area contributed by atoms with Crippen molar-refractivity contribution in [1.82, 2.24) is 24.5 Å². The van der Waals surface area contributed by atoms with E-state index in [1.165, 1.54) is 0 Å². The minimum atomic E-state index is 0.0784. The SMILES string of the molecule is Cc1cccc(C(=O)N2CCN(c3nc4ccccc4c4nnc(-c5cccc(C)c5)n34)CC2)c1. The van der Waals surface area contributed by atoms with Crippen LogP contribution in [0.15, 0.2) is 72.8 Å². The molecule has 1 amide bonds. The molecule has 0 radical (unpaired) electrons. The number of anilines is 1. The summed E-state index contributed by atoms with van der Waals surface area (Å²) in [6.07, 6.45) is 0. The summed E-state index contributed by atoms with van der Waals surface area (Å²) in [6, 6.07) is 24.1. The van der Waals surface area contributed by atoms with Crippen LogP contribution in [0.3, 0.4) is 0 Å². The first-order valence-electron chi connectivity index (χ1n) is 11.9. The van der Waals surface area contributed by atoms with Gasteiger partial charge >= 0.3 is 0 Å². The number of para-hydroxylation sites is 1. The van der Waals surface area contributed by atoms with Gasteiger partial charge in [0, 0.05) is 42.7 Å². The number of nitrogens with zero attached hydrogens (tertiary/aromatic N) is 6. The molecule has 1 fully saturated rings. The zero-order valence-electron chi connectivity index (χ0n) is 19.8. The third kappa shape index (κ3) is 3.79. The Labute approximate surface area is 203 Å². The van der Waals surface area contributed by atoms with E-state index in [1.807, 2.05) is 66.4 Å². The van der Waals surface area contributed by atoms with Gasteiger partial charge in [0.25, 0.3) is 5.91 Å². The molecule has 0 saturated carbocycles. The average molecular weight is 463 g/mol. The van der Waals surface area contributed by atoms with Crippen molar-refractivity contribution >= 4 is 28.4 Å². The van der Waals surface area contributed by atoms with Gasteiger partial charge in [0.05, 0.1) is 5.52 Å². The van der Waals surface area contributed by atoms with E-state index in [0.29, 0.717) is 26.2 Å². The summed E-state index contributed by atoms with van der Waals surface area (Å²) in [5, 5.41) is 10.1. The van der Waals surface area contributed by atoms with E-state index in [-0.39, 0.29) is 5.91 Å². The minimum Gasteiger partial charge on any atom is -0.338 e. The minimum absolute atomic E-state index is 0.0784. The largest absolute Gasteiger partial charge is 0.338 e. The third-order valence-corrected chi connectivity index (χ3v) is 6.62. The van der Waals surface area contributed by atoms with Crippen LogP contribution in [-0.2, 0) is 0 Å². The average Bonchev–Trinajstić information content (AvgIpc) is 3.34. The number of aryl methyl sites for hydroxylation is 2. The van der Waals surface area contributed by atoms with E-state index in [9.17, 15) is 4.79 Å². The van der Waals surface area contributed by atoms with Gasteiger partial charge in [-0.25, -0.2) is 9.38 Å². The summed E-state index contributed by atoms with van der Waals surface area (Å²) >= 11 is 0. The zero-order valence-corrected chi connectivity index (χ0v) is 19.8. The standard InChI is InChI=1S/C28H26N6O/c1-19-7-5-9-21(17-19)25-30-31-26-23-11-3-4-12-24(23)29-28(34(25)26)33-15-13-32(14-16-33)27(35)22-10-6-8-20(2)18-22/h3-12,17-18H,13-16H2,1-2H3. The molecule has 1 aliphatic rings. The Balaban J connectivity index is 1.39. The molecule has 7 heteroatoms. The maximum Gasteiger partial charge on any atom is 0.253 e. The summed E-state index contributed by atoms with van der Waals surface area (Å²) in [7, 11) is 0. The molecular weight excluding hydrogens is 436 g/mol. The highest BCUT2D eigenvalue weighted by atomic mass is 16.2. The van der Waals surface area contributed by atoms with Crippen molar-refractivity contribution in [2.75, 3.05) is 31.1 Å². The molecule has 0 unspecified atom stereocenters. The van der Waals surface area contributed by atoms with Crippen LogP contribution in [0.1, 0.15) is 21.5 Å². The van der Waals surface area contributed by atoms with Gasteiger partial charge in [-0.1, -0.05) is 53.6 Å². The Morgan fingerprint density at radius 3 is 2.31 bits per heavy atom. The molecule has 3 aromatic carbocycles. The van der Waals surface area contributed by atoms with E-state index < -0.39 is 0 Å². The fourth-order valence-electron chi connectivity index (χ4n) is 4.82. The van der Waals surface area contributed by atoms with Crippen molar-refractivity contribution in [2.45, 2.75) is 13.8 Å². The van der Waals surface area contributed by atoms with Crippen LogP contribution < -0.4 is 4.90 Å². The number of rotatable bonds is 3. The number of aromatic nitrogens is 4. The topological polar surface area (TPSA) is 66.6 Å². The van der Waals surface area contributed by atoms with Gasteiger partial charge < -0.3 is 9.80 Å². The summed E-state index contributed by atoms with van der Waals surface area (Å²) in [6.45, 7) is 6.71. The smallest absolute Gasteiger partial charge is 0.253 e. The Morgan fingerprint density at radius 1 is 0.800 bits per heavy atom. The van der Waals surface area contributed by atoms with Crippen molar-refractivity contribution < 1.29 is 4.79 Å². The third-order valence-electron chi connectivity index (χ3n) is 6.62. The lowest BCUT2D eigenvalue weighted by molar-refractivity contribution is 0.0746. The first kappa shape index (κ1) is 21.3. The number of hydrogen-bond acceptors (Lipinski definition) is 5. The summed E-state index contributed by atoms with van der Waals surface area (Å²) in [5.41, 5.74) is 5.68. The second kappa shape index (κ2) is 8.51. The normalized spacial score (nSPS) is 14.1. The van der Waals surface area contributed by atoms with E-state index in [1.54, 1.807) is 0 Å². The second-order valence-electron chi connectivity index (χ2n) is 9.13. The lowest BCUT2D eigenvalue weighted by Crippen LogP contribution is -2.49. The summed E-state index contributed by atoms with van der Waals surface area (Å²) in [5.74, 6) is 1.66. The van der Waals surface area contributed by atoms with Crippen LogP contribution in [0.2, 0.25) is 0 Å². The highest BCUT2D eigenvalue weighted by molar-refractivity contribution is 5.95. The number of fused-ring (bicyclic) bond motifs is 3. The van der Waals surface area contributed by atoms with Crippen LogP contribution in [0.4, 0.5) is 5.95 Å². The van der Waals surface area contributed by atoms with Crippen LogP contribution in [-0.4, -0.2) is 56.6 Å². The molecule has 1 saturated heterocycles. The predicted octanol–water partition coefficient (Wildman–Crippen LogP) is 4.52. The molecule has 5 aromatic rings. The number of amides is 1. The van der Waals surface area contributed by atoms with Gasteiger partial charge in [-0.05, 0) is 44.2 Å². The molecule has 0 spiro atoms. The molecule has 7 nitrogen and oxygen atoms in total. The predicted molar refractivity (Wildman–Crippen MR) is 138 cm³/mol. The molecule has 35 heavy (non-hydrogen) atoms. The van der Waals surface area contributed by atoms with Crippen molar-refractivity contribution in [2.24, 2.45) is 0 Å². The van der Waals surface area contributed by atoms with E-state index in [0.717, 1.165) is 50.6 Å². The molecule has 3 heterocycles. The number of hydrogen-bond donors (Lipinski definition) is 0. The first-order valence-corrected chi connectivity index (χ1v) is 11.9. The summed E-state index contributed by atoms with van der Waals surface area (Å²) < 4.78 is 2.06. The highest BCUT2D eigenvalue weighted by Crippen LogP contribution is 2.29. The maximum absolute atomic E-state index is 13.1. The van der Waals surface area contributed by atoms with Gasteiger partial charge in [-0.15, -0.1) is 10.2 Å². The van der Waals surface area contributed by atoms with Gasteiger partial charge in [0.2, 0.25) is 5.95 Å². The monoisotopic (exact) mass is 462 g/mol. The number of carbonyl (C=O) groups is 1. The molecule has 1 aliphatic heterocycles. The lowest BCUT2D eigenvalue weighted by atomic mass is 10.1. The fourth-order valence-corrected chi connectivity index (χ4v) is 4.82. The van der Waals surface area contributed by atoms with E-state index in [2.05, 4.69) is 44.6 Å². The number of benzene rings is 3. The molecule has 0 atom stereocenters. The Morgan fingerprint density at radius 2 is 1.54 bits per heavy atom.